The average molecular weight is 319 g/mol. The molecule has 0 aliphatic rings. The number of carbonyl (C=O) groups excluding carboxylic acids is 2. The predicted molar refractivity (Wildman–Crippen MR) is 83.5 cm³/mol. The van der Waals surface area contributed by atoms with Crippen molar-refractivity contribution in [2.75, 3.05) is 13.1 Å². The Balaban J connectivity index is 1.78. The molecule has 0 atom stereocenters. The number of rotatable bonds is 7. The van der Waals surface area contributed by atoms with Crippen LogP contribution in [0.3, 0.4) is 0 Å². The Hall–Kier alpha value is -2.28. The van der Waals surface area contributed by atoms with E-state index in [1.54, 1.807) is 18.3 Å². The largest absolute Gasteiger partial charge is 0.455 e. The first-order valence-corrected chi connectivity index (χ1v) is 7.79. The molecule has 0 radical (unpaired) electrons. The van der Waals surface area contributed by atoms with E-state index in [2.05, 4.69) is 15.6 Å². The highest BCUT2D eigenvalue weighted by atomic mass is 32.2. The molecule has 0 bridgehead atoms. The summed E-state index contributed by atoms with van der Waals surface area (Å²) in [5.41, 5.74) is 0. The van der Waals surface area contributed by atoms with E-state index in [-0.39, 0.29) is 17.6 Å². The zero-order valence-corrected chi connectivity index (χ0v) is 13.0. The lowest BCUT2D eigenvalue weighted by Gasteiger charge is -2.03. The van der Waals surface area contributed by atoms with Crippen molar-refractivity contribution in [3.05, 3.63) is 48.0 Å². The number of furan rings is 1. The summed E-state index contributed by atoms with van der Waals surface area (Å²) in [7, 11) is 0. The molecule has 0 saturated carbocycles. The minimum absolute atomic E-state index is 0.124. The van der Waals surface area contributed by atoms with Crippen LogP contribution in [-0.2, 0) is 10.5 Å². The Bertz CT molecular complexity index is 628. The average Bonchev–Trinajstić information content (AvgIpc) is 2.99. The highest BCUT2D eigenvalue weighted by molar-refractivity contribution is 7.98. The molecule has 0 aliphatic carbocycles. The van der Waals surface area contributed by atoms with E-state index in [1.807, 2.05) is 18.2 Å². The zero-order valence-electron chi connectivity index (χ0n) is 12.2. The van der Waals surface area contributed by atoms with Crippen LogP contribution in [0.1, 0.15) is 23.2 Å². The first-order valence-electron chi connectivity index (χ1n) is 6.80. The fourth-order valence-electron chi connectivity index (χ4n) is 1.66. The fourth-order valence-corrected chi connectivity index (χ4v) is 2.41. The highest BCUT2D eigenvalue weighted by Crippen LogP contribution is 2.21. The van der Waals surface area contributed by atoms with Gasteiger partial charge in [-0.3, -0.25) is 9.59 Å². The molecule has 2 amide bonds. The molecule has 6 nitrogen and oxygen atoms in total. The first kappa shape index (κ1) is 16.1. The van der Waals surface area contributed by atoms with E-state index in [1.165, 1.54) is 18.7 Å². The van der Waals surface area contributed by atoms with Crippen LogP contribution >= 0.6 is 11.8 Å². The lowest BCUT2D eigenvalue weighted by atomic mass is 10.4. The molecule has 2 N–H and O–H groups in total. The van der Waals surface area contributed by atoms with Gasteiger partial charge in [0.25, 0.3) is 5.91 Å². The highest BCUT2D eigenvalue weighted by Gasteiger charge is 2.11. The van der Waals surface area contributed by atoms with Gasteiger partial charge < -0.3 is 15.1 Å². The summed E-state index contributed by atoms with van der Waals surface area (Å²) < 4.78 is 5.50. The van der Waals surface area contributed by atoms with Crippen LogP contribution in [0.15, 0.2) is 46.0 Å². The molecule has 0 unspecified atom stereocenters. The van der Waals surface area contributed by atoms with Crippen molar-refractivity contribution in [2.24, 2.45) is 0 Å². The molecule has 2 aromatic heterocycles. The summed E-state index contributed by atoms with van der Waals surface area (Å²) in [5.74, 6) is 1.17. The molecule has 7 heteroatoms. The summed E-state index contributed by atoms with van der Waals surface area (Å²) in [6.07, 6.45) is 1.73. The van der Waals surface area contributed by atoms with Gasteiger partial charge in [-0.1, -0.05) is 17.8 Å². The summed E-state index contributed by atoms with van der Waals surface area (Å²) in [6, 6.07) is 9.12. The van der Waals surface area contributed by atoms with E-state index < -0.39 is 0 Å². The van der Waals surface area contributed by atoms with Crippen molar-refractivity contribution < 1.29 is 14.0 Å². The van der Waals surface area contributed by atoms with Crippen LogP contribution < -0.4 is 10.6 Å². The minimum Gasteiger partial charge on any atom is -0.455 e. The monoisotopic (exact) mass is 319 g/mol. The number of nitrogens with zero attached hydrogens (tertiary/aromatic N) is 1. The number of amides is 2. The molecule has 2 heterocycles. The number of hydrogen-bond acceptors (Lipinski definition) is 5. The maximum Gasteiger partial charge on any atom is 0.287 e. The standard InChI is InChI=1S/C15H17N3O3S/c1-11(19)16-8-9-18-15(20)13-6-5-12(21-13)10-22-14-4-2-3-7-17-14/h2-7H,8-10H2,1H3,(H,16,19)(H,18,20). The molecule has 116 valence electrons. The van der Waals surface area contributed by atoms with E-state index in [0.717, 1.165) is 5.03 Å². The fraction of sp³-hybridized carbons (Fsp3) is 0.267. The van der Waals surface area contributed by atoms with Gasteiger partial charge in [-0.15, -0.1) is 0 Å². The zero-order chi connectivity index (χ0) is 15.8. The summed E-state index contributed by atoms with van der Waals surface area (Å²) in [6.45, 7) is 2.18. The predicted octanol–water partition coefficient (Wildman–Crippen LogP) is 1.83. The van der Waals surface area contributed by atoms with Gasteiger partial charge in [0.15, 0.2) is 5.76 Å². The van der Waals surface area contributed by atoms with Gasteiger partial charge in [0.2, 0.25) is 5.91 Å². The van der Waals surface area contributed by atoms with Crippen LogP contribution in [0.25, 0.3) is 0 Å². The minimum atomic E-state index is -0.292. The molecule has 0 fully saturated rings. The Morgan fingerprint density at radius 3 is 2.73 bits per heavy atom. The smallest absolute Gasteiger partial charge is 0.287 e. The third kappa shape index (κ3) is 5.25. The van der Waals surface area contributed by atoms with Crippen LogP contribution in [0, 0.1) is 0 Å². The third-order valence-corrected chi connectivity index (χ3v) is 3.64. The third-order valence-electron chi connectivity index (χ3n) is 2.67. The lowest BCUT2D eigenvalue weighted by Crippen LogP contribution is -2.33. The molecule has 2 rings (SSSR count). The van der Waals surface area contributed by atoms with Gasteiger partial charge in [-0.2, -0.15) is 0 Å². The maximum atomic E-state index is 11.8. The van der Waals surface area contributed by atoms with E-state index >= 15 is 0 Å². The van der Waals surface area contributed by atoms with Crippen LogP contribution in [-0.4, -0.2) is 29.9 Å². The summed E-state index contributed by atoms with van der Waals surface area (Å²) in [5, 5.41) is 6.18. The Morgan fingerprint density at radius 2 is 2.00 bits per heavy atom. The molecule has 0 spiro atoms. The van der Waals surface area contributed by atoms with E-state index in [4.69, 9.17) is 4.42 Å². The second-order valence-electron chi connectivity index (χ2n) is 4.46. The molecular weight excluding hydrogens is 302 g/mol. The molecular formula is C15H17N3O3S. The number of pyridine rings is 1. The lowest BCUT2D eigenvalue weighted by molar-refractivity contribution is -0.118. The van der Waals surface area contributed by atoms with Crippen LogP contribution in [0.2, 0.25) is 0 Å². The van der Waals surface area contributed by atoms with Crippen molar-refractivity contribution in [2.45, 2.75) is 17.7 Å². The summed E-state index contributed by atoms with van der Waals surface area (Å²) >= 11 is 1.54. The van der Waals surface area contributed by atoms with Crippen molar-refractivity contribution in [3.63, 3.8) is 0 Å². The number of carbonyl (C=O) groups is 2. The van der Waals surface area contributed by atoms with Crippen molar-refractivity contribution in [3.8, 4) is 0 Å². The van der Waals surface area contributed by atoms with Gasteiger partial charge in [0.05, 0.1) is 10.8 Å². The van der Waals surface area contributed by atoms with Crippen LogP contribution in [0.4, 0.5) is 0 Å². The normalized spacial score (nSPS) is 10.2. The Labute approximate surface area is 132 Å². The van der Waals surface area contributed by atoms with Gasteiger partial charge in [-0.05, 0) is 24.3 Å². The van der Waals surface area contributed by atoms with Gasteiger partial charge in [0, 0.05) is 26.2 Å². The van der Waals surface area contributed by atoms with Crippen molar-refractivity contribution in [1.82, 2.24) is 15.6 Å². The van der Waals surface area contributed by atoms with E-state index in [9.17, 15) is 9.59 Å². The van der Waals surface area contributed by atoms with Gasteiger partial charge in [0.1, 0.15) is 5.76 Å². The van der Waals surface area contributed by atoms with E-state index in [0.29, 0.717) is 24.6 Å². The quantitative estimate of drug-likeness (QED) is 0.601. The summed E-state index contributed by atoms with van der Waals surface area (Å²) in [4.78, 5) is 26.7. The maximum absolute atomic E-state index is 11.8. The Kier molecular flexibility index (Phi) is 6.02. The van der Waals surface area contributed by atoms with Crippen LogP contribution in [0.5, 0.6) is 0 Å². The van der Waals surface area contributed by atoms with Crippen molar-refractivity contribution >= 4 is 23.6 Å². The molecule has 2 aromatic rings. The van der Waals surface area contributed by atoms with Gasteiger partial charge >= 0.3 is 0 Å². The SMILES string of the molecule is CC(=O)NCCNC(=O)c1ccc(CSc2ccccn2)o1. The number of nitrogens with one attached hydrogen (secondary N) is 2. The molecule has 0 aliphatic heterocycles. The number of hydrogen-bond donors (Lipinski definition) is 2. The first-order chi connectivity index (χ1) is 10.6. The Morgan fingerprint density at radius 1 is 1.18 bits per heavy atom. The number of thioether (sulfide) groups is 1. The number of aromatic nitrogens is 1. The second-order valence-corrected chi connectivity index (χ2v) is 5.46. The molecule has 0 saturated heterocycles. The molecule has 0 aromatic carbocycles. The topological polar surface area (TPSA) is 84.2 Å². The second kappa shape index (κ2) is 8.23. The van der Waals surface area contributed by atoms with Gasteiger partial charge in [-0.25, -0.2) is 4.98 Å². The molecule has 22 heavy (non-hydrogen) atoms. The van der Waals surface area contributed by atoms with Crippen molar-refractivity contribution in [1.29, 1.82) is 0 Å².